The minimum atomic E-state index is 0.640. The molecule has 0 aliphatic heterocycles. The second-order valence-electron chi connectivity index (χ2n) is 31.9. The summed E-state index contributed by atoms with van der Waals surface area (Å²) in [6.07, 6.45) is 0. The average molecular weight is 1520 g/mol. The lowest BCUT2D eigenvalue weighted by molar-refractivity contribution is 1.08. The highest BCUT2D eigenvalue weighted by atomic mass is 15.0. The predicted octanol–water partition coefficient (Wildman–Crippen LogP) is 31.1. The minimum absolute atomic E-state index is 0.640. The molecule has 0 unspecified atom stereocenters. The molecule has 0 atom stereocenters. The lowest BCUT2D eigenvalue weighted by Crippen LogP contribution is -2.00. The number of aromatic nitrogens is 5. The van der Waals surface area contributed by atoms with Gasteiger partial charge in [0.1, 0.15) is 0 Å². The standard InChI is InChI=1S/C58H34N2.C57H33N3/c1-4-19-44-38(13-1)41-16-7-10-22-47(41)53-31-35(25-28-50(44)53)56-34-57(36-26-29-51-45-20-5-2-14-39(45)42-17-8-11-23-48(42)54(51)32-36)60-58(59-56)37-27-30-52-46-21-6-3-15-40(46)43-18-9-12-24-49(43)55(52)33-37;1-4-19-43-37(13-1)40-16-7-10-22-46(40)52-31-34(25-28-49(43)52)55-58-56(35-26-29-50-44-20-5-2-14-38(44)41-17-8-11-23-47(41)53(50)32-35)60-57(59-55)36-27-30-51-45-21-6-3-15-39(45)42-18-9-12-24-48(42)54(51)33-36/h1-34H;1-33H. The maximum Gasteiger partial charge on any atom is 0.164 e. The highest BCUT2D eigenvalue weighted by Crippen LogP contribution is 2.46. The van der Waals surface area contributed by atoms with E-state index in [-0.39, 0.29) is 0 Å². The van der Waals surface area contributed by atoms with Crippen LogP contribution in [-0.4, -0.2) is 24.9 Å². The van der Waals surface area contributed by atoms with Crippen LogP contribution in [0.15, 0.2) is 406 Å². The van der Waals surface area contributed by atoms with E-state index in [9.17, 15) is 0 Å². The Balaban J connectivity index is 0.000000133. The van der Waals surface area contributed by atoms with Gasteiger partial charge in [0.05, 0.1) is 11.4 Å². The summed E-state index contributed by atoms with van der Waals surface area (Å²) >= 11 is 0. The van der Waals surface area contributed by atoms with Crippen molar-refractivity contribution in [3.05, 3.63) is 406 Å². The fourth-order valence-electron chi connectivity index (χ4n) is 20.0. The Kier molecular flexibility index (Phi) is 15.1. The molecule has 0 saturated heterocycles. The molecule has 0 spiro atoms. The molecule has 0 saturated carbocycles. The summed E-state index contributed by atoms with van der Waals surface area (Å²) < 4.78 is 0. The minimum Gasteiger partial charge on any atom is -0.228 e. The van der Waals surface area contributed by atoms with Gasteiger partial charge in [-0.25, -0.2) is 24.9 Å². The summed E-state index contributed by atoms with van der Waals surface area (Å²) in [5.74, 6) is 2.62. The zero-order valence-electron chi connectivity index (χ0n) is 64.9. The van der Waals surface area contributed by atoms with E-state index in [0.29, 0.717) is 23.3 Å². The summed E-state index contributed by atoms with van der Waals surface area (Å²) in [5, 5.41) is 44.4. The van der Waals surface area contributed by atoms with E-state index in [2.05, 4.69) is 406 Å². The van der Waals surface area contributed by atoms with E-state index >= 15 is 0 Å². The van der Waals surface area contributed by atoms with Crippen molar-refractivity contribution in [1.29, 1.82) is 0 Å². The normalized spacial score (nSPS) is 12.0. The van der Waals surface area contributed by atoms with E-state index in [1.54, 1.807) is 0 Å². The highest BCUT2D eigenvalue weighted by Gasteiger charge is 2.22. The van der Waals surface area contributed by atoms with E-state index in [4.69, 9.17) is 24.9 Å². The van der Waals surface area contributed by atoms with Gasteiger partial charge in [-0.15, -0.1) is 0 Å². The highest BCUT2D eigenvalue weighted by molar-refractivity contribution is 6.32. The van der Waals surface area contributed by atoms with Crippen LogP contribution in [0.25, 0.3) is 262 Å². The van der Waals surface area contributed by atoms with Crippen molar-refractivity contribution < 1.29 is 0 Å². The molecule has 5 nitrogen and oxygen atoms in total. The smallest absolute Gasteiger partial charge is 0.164 e. The summed E-state index contributed by atoms with van der Waals surface area (Å²) in [5.41, 5.74) is 7.72. The molecule has 5 heteroatoms. The number of rotatable bonds is 6. The van der Waals surface area contributed by atoms with Gasteiger partial charge in [0.25, 0.3) is 0 Å². The van der Waals surface area contributed by atoms with Crippen LogP contribution in [0.2, 0.25) is 0 Å². The Labute approximate surface area is 688 Å². The van der Waals surface area contributed by atoms with Crippen LogP contribution < -0.4 is 0 Å². The predicted molar refractivity (Wildman–Crippen MR) is 510 cm³/mol. The SMILES string of the molecule is c1ccc2c(c1)c1ccccc1c1cc(-c3cc(-c4ccc5c6ccccc6c6ccccc6c5c4)nc(-c4ccc5c6ccccc6c6ccccc6c5c4)n3)ccc21.c1ccc2c(c1)c1ccccc1c1cc(-c3nc(-c4ccc5c6ccccc6c6ccccc6c5c4)nc(-c4ccc5c6ccccc6c6ccccc6c5c4)n3)ccc21. The number of nitrogens with zero attached hydrogens (tertiary/aromatic N) is 5. The quantitative estimate of drug-likeness (QED) is 0.155. The molecule has 26 aromatic rings. The van der Waals surface area contributed by atoms with Crippen LogP contribution in [0.4, 0.5) is 0 Å². The van der Waals surface area contributed by atoms with E-state index in [1.807, 2.05) is 0 Å². The van der Waals surface area contributed by atoms with E-state index < -0.39 is 0 Å². The van der Waals surface area contributed by atoms with Crippen LogP contribution in [0.1, 0.15) is 0 Å². The molecule has 2 heterocycles. The third kappa shape index (κ3) is 10.6. The average Bonchev–Trinajstić information content (AvgIpc) is 0.749. The van der Waals surface area contributed by atoms with Crippen LogP contribution in [-0.2, 0) is 0 Å². The molecule has 0 N–H and O–H groups in total. The molecule has 0 radical (unpaired) electrons. The first-order valence-corrected chi connectivity index (χ1v) is 41.2. The fourth-order valence-corrected chi connectivity index (χ4v) is 20.0. The van der Waals surface area contributed by atoms with Gasteiger partial charge in [0.2, 0.25) is 0 Å². The zero-order chi connectivity index (χ0) is 78.6. The van der Waals surface area contributed by atoms with Crippen molar-refractivity contribution in [1.82, 2.24) is 24.9 Å². The molecule has 0 fully saturated rings. The summed E-state index contributed by atoms with van der Waals surface area (Å²) in [7, 11) is 0. The first-order chi connectivity index (χ1) is 59.5. The number of benzene rings is 24. The molecule has 120 heavy (non-hydrogen) atoms. The second-order valence-corrected chi connectivity index (χ2v) is 31.9. The Hall–Kier alpha value is -16.0. The summed E-state index contributed by atoms with van der Waals surface area (Å²) in [4.78, 5) is 26.9. The van der Waals surface area contributed by atoms with Crippen LogP contribution >= 0.6 is 0 Å². The number of hydrogen-bond donors (Lipinski definition) is 0. The summed E-state index contributed by atoms with van der Waals surface area (Å²) in [6, 6.07) is 147. The second kappa shape index (κ2) is 26.8. The molecule has 2 aromatic heterocycles. The van der Waals surface area contributed by atoms with Gasteiger partial charge in [0, 0.05) is 33.4 Å². The van der Waals surface area contributed by atoms with Crippen molar-refractivity contribution in [3.63, 3.8) is 0 Å². The molecule has 552 valence electrons. The van der Waals surface area contributed by atoms with E-state index in [1.165, 1.54) is 194 Å². The molecule has 0 bridgehead atoms. The molecule has 0 aliphatic rings. The van der Waals surface area contributed by atoms with Gasteiger partial charge in [-0.3, -0.25) is 0 Å². The molecular formula is C115H67N5. The van der Waals surface area contributed by atoms with Crippen molar-refractivity contribution in [2.45, 2.75) is 0 Å². The van der Waals surface area contributed by atoms with Crippen LogP contribution in [0.5, 0.6) is 0 Å². The topological polar surface area (TPSA) is 64.5 Å². The largest absolute Gasteiger partial charge is 0.228 e. The van der Waals surface area contributed by atoms with Gasteiger partial charge < -0.3 is 0 Å². The third-order valence-electron chi connectivity index (χ3n) is 25.5. The van der Waals surface area contributed by atoms with Crippen molar-refractivity contribution in [2.24, 2.45) is 0 Å². The lowest BCUT2D eigenvalue weighted by atomic mass is 9.92. The molecule has 0 aliphatic carbocycles. The lowest BCUT2D eigenvalue weighted by Gasteiger charge is -2.15. The van der Waals surface area contributed by atoms with E-state index in [0.717, 1.165) is 44.8 Å². The first kappa shape index (κ1) is 67.4. The Morgan fingerprint density at radius 2 is 0.208 bits per heavy atom. The van der Waals surface area contributed by atoms with Gasteiger partial charge in [-0.2, -0.15) is 0 Å². The summed E-state index contributed by atoms with van der Waals surface area (Å²) in [6.45, 7) is 0. The van der Waals surface area contributed by atoms with Crippen LogP contribution in [0, 0.1) is 0 Å². The molecule has 26 rings (SSSR count). The van der Waals surface area contributed by atoms with Crippen molar-refractivity contribution in [3.8, 4) is 68.1 Å². The van der Waals surface area contributed by atoms with Crippen molar-refractivity contribution >= 4 is 194 Å². The van der Waals surface area contributed by atoms with Crippen molar-refractivity contribution in [2.75, 3.05) is 0 Å². The molecule has 24 aromatic carbocycles. The fraction of sp³-hybridized carbons (Fsp3) is 0. The Bertz CT molecular complexity index is 7380. The maximum atomic E-state index is 5.44. The Morgan fingerprint density at radius 3 is 0.367 bits per heavy atom. The molecular weight excluding hydrogens is 1450 g/mol. The number of hydrogen-bond acceptors (Lipinski definition) is 5. The van der Waals surface area contributed by atoms with Gasteiger partial charge in [0.15, 0.2) is 23.3 Å². The van der Waals surface area contributed by atoms with Gasteiger partial charge >= 0.3 is 0 Å². The zero-order valence-corrected chi connectivity index (χ0v) is 64.9. The maximum absolute atomic E-state index is 5.44. The van der Waals surface area contributed by atoms with Gasteiger partial charge in [-0.05, 0) is 236 Å². The monoisotopic (exact) mass is 1520 g/mol. The Morgan fingerprint density at radius 1 is 0.0917 bits per heavy atom. The molecule has 0 amide bonds. The number of fused-ring (bicyclic) bond motifs is 36. The third-order valence-corrected chi connectivity index (χ3v) is 25.5. The van der Waals surface area contributed by atoms with Gasteiger partial charge in [-0.1, -0.05) is 364 Å². The first-order valence-electron chi connectivity index (χ1n) is 41.2. The van der Waals surface area contributed by atoms with Crippen LogP contribution in [0.3, 0.4) is 0 Å².